The van der Waals surface area contributed by atoms with E-state index in [2.05, 4.69) is 0 Å². The van der Waals surface area contributed by atoms with Gasteiger partial charge in [-0.05, 0) is 42.5 Å². The van der Waals surface area contributed by atoms with E-state index in [4.69, 9.17) is 13.9 Å². The van der Waals surface area contributed by atoms with Crippen LogP contribution in [0.2, 0.25) is 0 Å². The minimum absolute atomic E-state index is 0.0538. The fourth-order valence-corrected chi connectivity index (χ4v) is 2.80. The van der Waals surface area contributed by atoms with Gasteiger partial charge in [0.05, 0.1) is 25.3 Å². The Bertz CT molecular complexity index is 1020. The minimum atomic E-state index is -0.284. The van der Waals surface area contributed by atoms with E-state index in [0.29, 0.717) is 39.4 Å². The number of hydrogen-bond acceptors (Lipinski definition) is 6. The highest BCUT2D eigenvalue weighted by Crippen LogP contribution is 2.34. The Balaban J connectivity index is 2.24. The van der Waals surface area contributed by atoms with Crippen LogP contribution in [-0.4, -0.2) is 44.1 Å². The first-order chi connectivity index (χ1) is 12.9. The van der Waals surface area contributed by atoms with Crippen LogP contribution in [0.5, 0.6) is 17.2 Å². The Kier molecular flexibility index (Phi) is 5.07. The number of benzene rings is 2. The summed E-state index contributed by atoms with van der Waals surface area (Å²) in [7, 11) is 6.78. The van der Waals surface area contributed by atoms with Crippen molar-refractivity contribution >= 4 is 22.8 Å². The number of phenolic OH excluding ortho intramolecular Hbond substituents is 1. The van der Waals surface area contributed by atoms with Crippen molar-refractivity contribution in [1.82, 2.24) is 4.90 Å². The topological polar surface area (TPSA) is 72.1 Å². The van der Waals surface area contributed by atoms with Crippen LogP contribution in [0.4, 0.5) is 0 Å². The number of methoxy groups -OCH3 is 2. The van der Waals surface area contributed by atoms with Crippen molar-refractivity contribution in [2.24, 2.45) is 0 Å². The van der Waals surface area contributed by atoms with Crippen LogP contribution >= 0.6 is 0 Å². The van der Waals surface area contributed by atoms with E-state index in [1.807, 2.05) is 19.0 Å². The van der Waals surface area contributed by atoms with Gasteiger partial charge in [0, 0.05) is 25.7 Å². The summed E-state index contributed by atoms with van der Waals surface area (Å²) in [4.78, 5) is 15.3. The lowest BCUT2D eigenvalue weighted by molar-refractivity contribution is 0.103. The molecule has 0 saturated heterocycles. The Hall–Kier alpha value is -3.41. The third-order valence-corrected chi connectivity index (χ3v) is 4.10. The molecule has 1 heterocycles. The van der Waals surface area contributed by atoms with Crippen molar-refractivity contribution in [3.63, 3.8) is 0 Å². The van der Waals surface area contributed by atoms with Crippen molar-refractivity contribution in [3.05, 3.63) is 59.5 Å². The molecule has 0 spiro atoms. The fourth-order valence-electron chi connectivity index (χ4n) is 2.80. The largest absolute Gasteiger partial charge is 0.508 e. The number of fused-ring (bicyclic) bond motifs is 1. The number of carbonyl (C=O) groups is 1. The molecule has 2 aromatic carbocycles. The summed E-state index contributed by atoms with van der Waals surface area (Å²) in [5, 5.41) is 10.4. The normalized spacial score (nSPS) is 11.1. The van der Waals surface area contributed by atoms with Gasteiger partial charge in [0.2, 0.25) is 5.78 Å². The number of furan rings is 1. The van der Waals surface area contributed by atoms with E-state index in [0.717, 1.165) is 0 Å². The quantitative estimate of drug-likeness (QED) is 0.666. The van der Waals surface area contributed by atoms with Gasteiger partial charge >= 0.3 is 0 Å². The molecule has 0 saturated carbocycles. The third kappa shape index (κ3) is 3.60. The van der Waals surface area contributed by atoms with Crippen LogP contribution in [0.3, 0.4) is 0 Å². The molecule has 1 aromatic heterocycles. The molecule has 140 valence electrons. The summed E-state index contributed by atoms with van der Waals surface area (Å²) >= 11 is 0. The SMILES string of the molecule is COc1ccc(OC)c(C(=O)c2c(/C=C/N(C)C)oc3ccc(O)cc23)c1. The first-order valence-corrected chi connectivity index (χ1v) is 8.31. The van der Waals surface area contributed by atoms with Crippen molar-refractivity contribution in [1.29, 1.82) is 0 Å². The highest BCUT2D eigenvalue weighted by atomic mass is 16.5. The number of phenols is 1. The van der Waals surface area contributed by atoms with Crippen LogP contribution in [0.25, 0.3) is 17.0 Å². The predicted molar refractivity (Wildman–Crippen MR) is 104 cm³/mol. The van der Waals surface area contributed by atoms with Gasteiger partial charge in [-0.3, -0.25) is 4.79 Å². The maximum atomic E-state index is 13.4. The standard InChI is InChI=1S/C21H21NO5/c1-22(2)10-9-19-20(15-11-13(23)5-7-18(15)27-19)21(24)16-12-14(25-3)6-8-17(16)26-4/h5-12,23H,1-4H3/b10-9+. The molecular formula is C21H21NO5. The Labute approximate surface area is 157 Å². The monoisotopic (exact) mass is 367 g/mol. The summed E-state index contributed by atoms with van der Waals surface area (Å²) in [6.45, 7) is 0. The first kappa shape index (κ1) is 18.4. The molecule has 0 aliphatic heterocycles. The highest BCUT2D eigenvalue weighted by molar-refractivity contribution is 6.19. The minimum Gasteiger partial charge on any atom is -0.508 e. The first-order valence-electron chi connectivity index (χ1n) is 8.31. The van der Waals surface area contributed by atoms with E-state index < -0.39 is 0 Å². The maximum absolute atomic E-state index is 13.4. The average molecular weight is 367 g/mol. The van der Waals surface area contributed by atoms with Crippen LogP contribution in [0.1, 0.15) is 21.7 Å². The van der Waals surface area contributed by atoms with Crippen LogP contribution in [-0.2, 0) is 0 Å². The Morgan fingerprint density at radius 2 is 1.89 bits per heavy atom. The van der Waals surface area contributed by atoms with Gasteiger partial charge in [0.1, 0.15) is 28.6 Å². The summed E-state index contributed by atoms with van der Waals surface area (Å²) in [5.74, 6) is 1.14. The van der Waals surface area contributed by atoms with Crippen molar-refractivity contribution in [2.75, 3.05) is 28.3 Å². The van der Waals surface area contributed by atoms with Crippen molar-refractivity contribution in [2.45, 2.75) is 0 Å². The molecule has 0 aliphatic rings. The van der Waals surface area contributed by atoms with Crippen molar-refractivity contribution in [3.8, 4) is 17.2 Å². The van der Waals surface area contributed by atoms with Crippen molar-refractivity contribution < 1.29 is 23.8 Å². The molecule has 0 aliphatic carbocycles. The van der Waals surface area contributed by atoms with Gasteiger partial charge in [0.25, 0.3) is 0 Å². The van der Waals surface area contributed by atoms with Gasteiger partial charge in [-0.15, -0.1) is 0 Å². The average Bonchev–Trinajstić information content (AvgIpc) is 3.02. The summed E-state index contributed by atoms with van der Waals surface area (Å²) < 4.78 is 16.5. The van der Waals surface area contributed by atoms with E-state index in [9.17, 15) is 9.90 Å². The summed E-state index contributed by atoms with van der Waals surface area (Å²) in [5.41, 5.74) is 1.21. The number of aromatic hydroxyl groups is 1. The number of hydrogen-bond donors (Lipinski definition) is 1. The second-order valence-corrected chi connectivity index (χ2v) is 6.20. The van der Waals surface area contributed by atoms with Gasteiger partial charge in [-0.2, -0.15) is 0 Å². The number of rotatable bonds is 6. The van der Waals surface area contributed by atoms with Gasteiger partial charge in [-0.1, -0.05) is 0 Å². The van der Waals surface area contributed by atoms with E-state index >= 15 is 0 Å². The molecule has 3 aromatic rings. The molecule has 6 nitrogen and oxygen atoms in total. The summed E-state index contributed by atoms with van der Waals surface area (Å²) in [6.07, 6.45) is 3.51. The summed E-state index contributed by atoms with van der Waals surface area (Å²) in [6, 6.07) is 9.71. The Morgan fingerprint density at radius 1 is 1.11 bits per heavy atom. The third-order valence-electron chi connectivity index (χ3n) is 4.10. The van der Waals surface area contributed by atoms with Crippen LogP contribution in [0, 0.1) is 0 Å². The zero-order valence-electron chi connectivity index (χ0n) is 15.6. The lowest BCUT2D eigenvalue weighted by Gasteiger charge is -2.10. The number of ether oxygens (including phenoxy) is 2. The lowest BCUT2D eigenvalue weighted by Crippen LogP contribution is -2.06. The predicted octanol–water partition coefficient (Wildman–Crippen LogP) is 3.92. The Morgan fingerprint density at radius 3 is 2.56 bits per heavy atom. The second-order valence-electron chi connectivity index (χ2n) is 6.20. The molecule has 0 atom stereocenters. The fraction of sp³-hybridized carbons (Fsp3) is 0.190. The molecule has 6 heteroatoms. The smallest absolute Gasteiger partial charge is 0.201 e. The number of carbonyl (C=O) groups excluding carboxylic acids is 1. The number of nitrogens with zero attached hydrogens (tertiary/aromatic N) is 1. The molecule has 0 radical (unpaired) electrons. The zero-order chi connectivity index (χ0) is 19.6. The molecule has 27 heavy (non-hydrogen) atoms. The molecular weight excluding hydrogens is 346 g/mol. The molecule has 1 N–H and O–H groups in total. The van der Waals surface area contributed by atoms with Gasteiger partial charge in [-0.25, -0.2) is 0 Å². The maximum Gasteiger partial charge on any atom is 0.201 e. The van der Waals surface area contributed by atoms with Crippen LogP contribution in [0.15, 0.2) is 47.0 Å². The molecule has 0 fully saturated rings. The lowest BCUT2D eigenvalue weighted by atomic mass is 9.98. The second kappa shape index (κ2) is 7.45. The van der Waals surface area contributed by atoms with E-state index in [1.54, 1.807) is 36.5 Å². The zero-order valence-corrected chi connectivity index (χ0v) is 15.6. The molecule has 0 amide bonds. The molecule has 0 unspecified atom stereocenters. The van der Waals surface area contributed by atoms with E-state index in [1.165, 1.54) is 26.4 Å². The van der Waals surface area contributed by atoms with E-state index in [-0.39, 0.29) is 11.5 Å². The highest BCUT2D eigenvalue weighted by Gasteiger charge is 2.24. The number of ketones is 1. The van der Waals surface area contributed by atoms with Crippen LogP contribution < -0.4 is 9.47 Å². The van der Waals surface area contributed by atoms with Gasteiger partial charge < -0.3 is 23.9 Å². The molecule has 3 rings (SSSR count). The van der Waals surface area contributed by atoms with Gasteiger partial charge in [0.15, 0.2) is 0 Å². The molecule has 0 bridgehead atoms.